The summed E-state index contributed by atoms with van der Waals surface area (Å²) >= 11 is 0. The molecule has 20 heavy (non-hydrogen) atoms. The van der Waals surface area contributed by atoms with Crippen LogP contribution in [0.1, 0.15) is 11.1 Å². The highest BCUT2D eigenvalue weighted by Gasteiger charge is 2.25. The van der Waals surface area contributed by atoms with Crippen LogP contribution >= 0.6 is 0 Å². The third kappa shape index (κ3) is 2.81. The van der Waals surface area contributed by atoms with E-state index in [1.807, 2.05) is 12.1 Å². The van der Waals surface area contributed by atoms with Crippen LogP contribution in [0.5, 0.6) is 11.5 Å². The van der Waals surface area contributed by atoms with Crippen molar-refractivity contribution in [2.24, 2.45) is 0 Å². The number of nitrogens with zero attached hydrogens (tertiary/aromatic N) is 2. The fraction of sp³-hybridized carbons (Fsp3) is 0.462. The normalized spacial score (nSPS) is 13.6. The zero-order valence-electron chi connectivity index (χ0n) is 11.4. The molecule has 0 atom stereocenters. The highest BCUT2D eigenvalue weighted by atomic mass is 16.6. The second kappa shape index (κ2) is 5.77. The van der Waals surface area contributed by atoms with Gasteiger partial charge in [-0.25, -0.2) is 0 Å². The first-order valence-electron chi connectivity index (χ1n) is 6.18. The number of amides is 1. The van der Waals surface area contributed by atoms with Crippen molar-refractivity contribution in [1.82, 2.24) is 4.90 Å². The monoisotopic (exact) mass is 280 g/mol. The van der Waals surface area contributed by atoms with E-state index >= 15 is 0 Å². The summed E-state index contributed by atoms with van der Waals surface area (Å²) in [7, 11) is 3.11. The number of methoxy groups -OCH3 is 2. The highest BCUT2D eigenvalue weighted by Crippen LogP contribution is 2.33. The second-order valence-corrected chi connectivity index (χ2v) is 4.53. The van der Waals surface area contributed by atoms with E-state index in [0.29, 0.717) is 31.0 Å². The quantitative estimate of drug-likeness (QED) is 0.603. The third-order valence-corrected chi connectivity index (χ3v) is 3.34. The minimum Gasteiger partial charge on any atom is -0.493 e. The van der Waals surface area contributed by atoms with Crippen LogP contribution in [0, 0.1) is 10.1 Å². The smallest absolute Gasteiger partial charge is 0.294 e. The maximum absolute atomic E-state index is 11.7. The molecule has 1 aliphatic rings. The van der Waals surface area contributed by atoms with Crippen LogP contribution in [0.4, 0.5) is 0 Å². The second-order valence-electron chi connectivity index (χ2n) is 4.53. The lowest BCUT2D eigenvalue weighted by Gasteiger charge is -2.28. The van der Waals surface area contributed by atoms with Crippen molar-refractivity contribution in [1.29, 1.82) is 0 Å². The van der Waals surface area contributed by atoms with Crippen LogP contribution in [-0.4, -0.2) is 43.0 Å². The average Bonchev–Trinajstić information content (AvgIpc) is 2.44. The Bertz CT molecular complexity index is 544. The van der Waals surface area contributed by atoms with Crippen molar-refractivity contribution in [3.8, 4) is 11.5 Å². The standard InChI is InChI=1S/C13H16N2O5/c1-19-11-5-9-3-4-14(13(16)8-15(17)18)7-10(9)6-12(11)20-2/h5-6H,3-4,7-8H2,1-2H3. The number of nitro groups is 1. The molecule has 1 heterocycles. The third-order valence-electron chi connectivity index (χ3n) is 3.34. The lowest BCUT2D eigenvalue weighted by molar-refractivity contribution is -0.468. The van der Waals surface area contributed by atoms with E-state index in [4.69, 9.17) is 9.47 Å². The molecule has 1 aromatic carbocycles. The Morgan fingerprint density at radius 3 is 2.45 bits per heavy atom. The summed E-state index contributed by atoms with van der Waals surface area (Å²) in [5, 5.41) is 10.4. The molecule has 0 spiro atoms. The Balaban J connectivity index is 2.21. The molecule has 1 aromatic rings. The molecular weight excluding hydrogens is 264 g/mol. The fourth-order valence-electron chi connectivity index (χ4n) is 2.31. The maximum Gasteiger partial charge on any atom is 0.294 e. The molecule has 0 radical (unpaired) electrons. The van der Waals surface area contributed by atoms with Crippen molar-refractivity contribution >= 4 is 5.91 Å². The van der Waals surface area contributed by atoms with Gasteiger partial charge < -0.3 is 14.4 Å². The Kier molecular flexibility index (Phi) is 4.07. The van der Waals surface area contributed by atoms with Gasteiger partial charge in [0, 0.05) is 18.0 Å². The predicted molar refractivity (Wildman–Crippen MR) is 70.5 cm³/mol. The predicted octanol–water partition coefficient (Wildman–Crippen LogP) is 0.865. The number of carbonyl (C=O) groups is 1. The lowest BCUT2D eigenvalue weighted by atomic mass is 9.98. The first-order chi connectivity index (χ1) is 9.55. The molecule has 0 N–H and O–H groups in total. The number of hydrogen-bond acceptors (Lipinski definition) is 5. The van der Waals surface area contributed by atoms with Gasteiger partial charge in [0.2, 0.25) is 0 Å². The maximum atomic E-state index is 11.7. The molecule has 0 aliphatic carbocycles. The van der Waals surface area contributed by atoms with E-state index in [2.05, 4.69) is 0 Å². The van der Waals surface area contributed by atoms with Gasteiger partial charge in [-0.1, -0.05) is 0 Å². The van der Waals surface area contributed by atoms with Crippen molar-refractivity contribution in [2.75, 3.05) is 27.3 Å². The molecule has 2 rings (SSSR count). The van der Waals surface area contributed by atoms with Crippen molar-refractivity contribution in [3.63, 3.8) is 0 Å². The van der Waals surface area contributed by atoms with Gasteiger partial charge in [-0.15, -0.1) is 0 Å². The van der Waals surface area contributed by atoms with Gasteiger partial charge in [-0.2, -0.15) is 0 Å². The fourth-order valence-corrected chi connectivity index (χ4v) is 2.31. The number of rotatable bonds is 4. The SMILES string of the molecule is COc1cc2c(cc1OC)CN(C(=O)C[N+](=O)[O-])CC2. The zero-order chi connectivity index (χ0) is 14.7. The van der Waals surface area contributed by atoms with E-state index in [0.717, 1.165) is 11.1 Å². The minimum absolute atomic E-state index is 0.363. The van der Waals surface area contributed by atoms with E-state index in [1.165, 1.54) is 4.90 Å². The van der Waals surface area contributed by atoms with Crippen LogP contribution in [0.3, 0.4) is 0 Å². The number of benzene rings is 1. The molecule has 0 saturated carbocycles. The summed E-state index contributed by atoms with van der Waals surface area (Å²) < 4.78 is 10.5. The molecule has 0 fully saturated rings. The van der Waals surface area contributed by atoms with Gasteiger partial charge in [0.25, 0.3) is 12.5 Å². The van der Waals surface area contributed by atoms with Crippen molar-refractivity contribution in [3.05, 3.63) is 33.4 Å². The van der Waals surface area contributed by atoms with Crippen LogP contribution in [0.15, 0.2) is 12.1 Å². The summed E-state index contributed by atoms with van der Waals surface area (Å²) in [4.78, 5) is 23.0. The van der Waals surface area contributed by atoms with E-state index in [1.54, 1.807) is 14.2 Å². The first-order valence-corrected chi connectivity index (χ1v) is 6.18. The largest absolute Gasteiger partial charge is 0.493 e. The Hall–Kier alpha value is -2.31. The topological polar surface area (TPSA) is 81.9 Å². The summed E-state index contributed by atoms with van der Waals surface area (Å²) in [6, 6.07) is 3.71. The zero-order valence-corrected chi connectivity index (χ0v) is 11.4. The molecule has 7 nitrogen and oxygen atoms in total. The number of carbonyl (C=O) groups excluding carboxylic acids is 1. The molecule has 0 aromatic heterocycles. The molecule has 1 aliphatic heterocycles. The summed E-state index contributed by atoms with van der Waals surface area (Å²) in [6.07, 6.45) is 0.652. The van der Waals surface area contributed by atoms with Crippen LogP contribution in [0.2, 0.25) is 0 Å². The van der Waals surface area contributed by atoms with Gasteiger partial charge in [0.05, 0.1) is 14.2 Å². The summed E-state index contributed by atoms with van der Waals surface area (Å²) in [6.45, 7) is 0.181. The van der Waals surface area contributed by atoms with Gasteiger partial charge in [-0.3, -0.25) is 14.9 Å². The molecule has 1 amide bonds. The molecular formula is C13H16N2O5. The van der Waals surface area contributed by atoms with Crippen LogP contribution in [0.25, 0.3) is 0 Å². The molecule has 0 bridgehead atoms. The van der Waals surface area contributed by atoms with Gasteiger partial charge >= 0.3 is 0 Å². The van der Waals surface area contributed by atoms with E-state index in [9.17, 15) is 14.9 Å². The Morgan fingerprint density at radius 2 is 1.90 bits per heavy atom. The van der Waals surface area contributed by atoms with E-state index < -0.39 is 17.4 Å². The number of ether oxygens (including phenoxy) is 2. The van der Waals surface area contributed by atoms with Gasteiger partial charge in [-0.05, 0) is 29.7 Å². The van der Waals surface area contributed by atoms with Crippen LogP contribution in [-0.2, 0) is 17.8 Å². The van der Waals surface area contributed by atoms with Crippen LogP contribution < -0.4 is 9.47 Å². The van der Waals surface area contributed by atoms with Gasteiger partial charge in [0.15, 0.2) is 11.5 Å². The Morgan fingerprint density at radius 1 is 1.30 bits per heavy atom. The van der Waals surface area contributed by atoms with Gasteiger partial charge in [0.1, 0.15) is 0 Å². The summed E-state index contributed by atoms with van der Waals surface area (Å²) in [5.74, 6) is 0.779. The lowest BCUT2D eigenvalue weighted by Crippen LogP contribution is -2.39. The number of hydrogen-bond donors (Lipinski definition) is 0. The minimum atomic E-state index is -0.664. The average molecular weight is 280 g/mol. The molecule has 0 unspecified atom stereocenters. The molecule has 108 valence electrons. The Labute approximate surface area is 116 Å². The molecule has 0 saturated heterocycles. The van der Waals surface area contributed by atoms with Crippen molar-refractivity contribution < 1.29 is 19.2 Å². The van der Waals surface area contributed by atoms with Crippen molar-refractivity contribution in [2.45, 2.75) is 13.0 Å². The highest BCUT2D eigenvalue weighted by molar-refractivity contribution is 5.77. The first kappa shape index (κ1) is 14.1. The number of fused-ring (bicyclic) bond motifs is 1. The molecule has 7 heteroatoms. The van der Waals surface area contributed by atoms with E-state index in [-0.39, 0.29) is 0 Å². The summed E-state index contributed by atoms with van der Waals surface area (Å²) in [5.41, 5.74) is 2.01.